The van der Waals surface area contributed by atoms with E-state index in [1.54, 1.807) is 0 Å². The predicted octanol–water partition coefficient (Wildman–Crippen LogP) is 5.12. The summed E-state index contributed by atoms with van der Waals surface area (Å²) in [6.45, 7) is 4.90. The molecule has 0 amide bonds. The van der Waals surface area contributed by atoms with Crippen LogP contribution in [0.5, 0.6) is 0 Å². The summed E-state index contributed by atoms with van der Waals surface area (Å²) in [6, 6.07) is 14.3. The van der Waals surface area contributed by atoms with Gasteiger partial charge in [0.15, 0.2) is 0 Å². The Morgan fingerprint density at radius 3 is 2.67 bits per heavy atom. The van der Waals surface area contributed by atoms with Crippen molar-refractivity contribution >= 4 is 28.2 Å². The SMILES string of the molecule is Cc1ccccc1CNc1c(Cl)cc(C)c2ncccc12. The number of anilines is 1. The van der Waals surface area contributed by atoms with Crippen molar-refractivity contribution in [3.8, 4) is 0 Å². The Labute approximate surface area is 129 Å². The molecule has 106 valence electrons. The smallest absolute Gasteiger partial charge is 0.0752 e. The summed E-state index contributed by atoms with van der Waals surface area (Å²) in [7, 11) is 0. The van der Waals surface area contributed by atoms with Crippen LogP contribution in [-0.4, -0.2) is 4.98 Å². The van der Waals surface area contributed by atoms with Gasteiger partial charge in [0.05, 0.1) is 16.2 Å². The van der Waals surface area contributed by atoms with Gasteiger partial charge in [-0.2, -0.15) is 0 Å². The number of rotatable bonds is 3. The Morgan fingerprint density at radius 1 is 1.05 bits per heavy atom. The number of aryl methyl sites for hydroxylation is 2. The molecule has 0 spiro atoms. The van der Waals surface area contributed by atoms with Crippen molar-refractivity contribution in [1.82, 2.24) is 4.98 Å². The summed E-state index contributed by atoms with van der Waals surface area (Å²) in [4.78, 5) is 4.46. The molecule has 0 saturated heterocycles. The van der Waals surface area contributed by atoms with Crippen LogP contribution in [0.3, 0.4) is 0 Å². The van der Waals surface area contributed by atoms with Crippen molar-refractivity contribution in [3.05, 3.63) is 70.4 Å². The zero-order valence-electron chi connectivity index (χ0n) is 12.2. The highest BCUT2D eigenvalue weighted by Gasteiger charge is 2.09. The van der Waals surface area contributed by atoms with Crippen LogP contribution in [0.25, 0.3) is 10.9 Å². The number of fused-ring (bicyclic) bond motifs is 1. The van der Waals surface area contributed by atoms with Crippen molar-refractivity contribution in [2.24, 2.45) is 0 Å². The zero-order valence-corrected chi connectivity index (χ0v) is 12.9. The summed E-state index contributed by atoms with van der Waals surface area (Å²) in [5.74, 6) is 0. The third-order valence-corrected chi connectivity index (χ3v) is 4.05. The van der Waals surface area contributed by atoms with E-state index in [2.05, 4.69) is 47.6 Å². The van der Waals surface area contributed by atoms with Gasteiger partial charge in [-0.15, -0.1) is 0 Å². The van der Waals surface area contributed by atoms with Gasteiger partial charge < -0.3 is 5.32 Å². The molecule has 1 aromatic heterocycles. The highest BCUT2D eigenvalue weighted by molar-refractivity contribution is 6.35. The first-order valence-corrected chi connectivity index (χ1v) is 7.37. The summed E-state index contributed by atoms with van der Waals surface area (Å²) < 4.78 is 0. The predicted molar refractivity (Wildman–Crippen MR) is 90.0 cm³/mol. The highest BCUT2D eigenvalue weighted by atomic mass is 35.5. The van der Waals surface area contributed by atoms with Gasteiger partial charge in [-0.25, -0.2) is 0 Å². The molecule has 2 nitrogen and oxygen atoms in total. The van der Waals surface area contributed by atoms with Gasteiger partial charge in [-0.3, -0.25) is 4.98 Å². The van der Waals surface area contributed by atoms with Gasteiger partial charge in [-0.05, 0) is 48.7 Å². The van der Waals surface area contributed by atoms with Gasteiger partial charge in [0, 0.05) is 18.1 Å². The molecule has 0 radical (unpaired) electrons. The number of benzene rings is 2. The fourth-order valence-corrected chi connectivity index (χ4v) is 2.88. The van der Waals surface area contributed by atoms with E-state index in [0.29, 0.717) is 0 Å². The standard InChI is InChI=1S/C18H17ClN2/c1-12-6-3-4-7-14(12)11-21-18-15-8-5-9-20-17(15)13(2)10-16(18)19/h3-10,21H,11H2,1-2H3. The van der Waals surface area contributed by atoms with Gasteiger partial charge in [0.2, 0.25) is 0 Å². The van der Waals surface area contributed by atoms with E-state index >= 15 is 0 Å². The molecule has 0 fully saturated rings. The number of hydrogen-bond donors (Lipinski definition) is 1. The maximum Gasteiger partial charge on any atom is 0.0752 e. The number of aromatic nitrogens is 1. The van der Waals surface area contributed by atoms with Crippen molar-refractivity contribution < 1.29 is 0 Å². The van der Waals surface area contributed by atoms with E-state index in [-0.39, 0.29) is 0 Å². The summed E-state index contributed by atoms with van der Waals surface area (Å²) in [6.07, 6.45) is 1.81. The molecule has 1 heterocycles. The van der Waals surface area contributed by atoms with Gasteiger partial charge in [-0.1, -0.05) is 35.9 Å². The Hall–Kier alpha value is -2.06. The average molecular weight is 297 g/mol. The summed E-state index contributed by atoms with van der Waals surface area (Å²) in [5.41, 5.74) is 5.58. The molecule has 0 atom stereocenters. The highest BCUT2D eigenvalue weighted by Crippen LogP contribution is 2.33. The minimum atomic E-state index is 0.738. The molecule has 0 aliphatic rings. The molecule has 0 bridgehead atoms. The Balaban J connectivity index is 1.99. The molecular formula is C18H17ClN2. The Kier molecular flexibility index (Phi) is 3.80. The van der Waals surface area contributed by atoms with Gasteiger partial charge in [0.25, 0.3) is 0 Å². The van der Waals surface area contributed by atoms with Crippen molar-refractivity contribution in [2.45, 2.75) is 20.4 Å². The molecule has 21 heavy (non-hydrogen) atoms. The fraction of sp³-hybridized carbons (Fsp3) is 0.167. The monoisotopic (exact) mass is 296 g/mol. The lowest BCUT2D eigenvalue weighted by Crippen LogP contribution is -2.03. The number of nitrogens with one attached hydrogen (secondary N) is 1. The first kappa shape index (κ1) is 13.9. The Bertz CT molecular complexity index is 796. The topological polar surface area (TPSA) is 24.9 Å². The minimum Gasteiger partial charge on any atom is -0.379 e. The Morgan fingerprint density at radius 2 is 1.86 bits per heavy atom. The maximum atomic E-state index is 6.42. The third-order valence-electron chi connectivity index (χ3n) is 3.75. The molecular weight excluding hydrogens is 280 g/mol. The second-order valence-electron chi connectivity index (χ2n) is 5.23. The van der Waals surface area contributed by atoms with Gasteiger partial charge in [0.1, 0.15) is 0 Å². The maximum absolute atomic E-state index is 6.42. The molecule has 0 aliphatic heterocycles. The molecule has 2 aromatic carbocycles. The fourth-order valence-electron chi connectivity index (χ4n) is 2.55. The largest absolute Gasteiger partial charge is 0.379 e. The van der Waals surface area contributed by atoms with Crippen LogP contribution in [0.1, 0.15) is 16.7 Å². The molecule has 3 rings (SSSR count). The van der Waals surface area contributed by atoms with Crippen molar-refractivity contribution in [1.29, 1.82) is 0 Å². The first-order valence-electron chi connectivity index (χ1n) is 6.99. The van der Waals surface area contributed by atoms with Gasteiger partial charge >= 0.3 is 0 Å². The quantitative estimate of drug-likeness (QED) is 0.726. The second kappa shape index (κ2) is 5.74. The molecule has 3 heteroatoms. The van der Waals surface area contributed by atoms with E-state index in [9.17, 15) is 0 Å². The van der Waals surface area contributed by atoms with Crippen LogP contribution in [0.15, 0.2) is 48.7 Å². The van der Waals surface area contributed by atoms with Crippen LogP contribution in [0.4, 0.5) is 5.69 Å². The van der Waals surface area contributed by atoms with Crippen molar-refractivity contribution in [3.63, 3.8) is 0 Å². The lowest BCUT2D eigenvalue weighted by Gasteiger charge is -2.14. The number of pyridine rings is 1. The van der Waals surface area contributed by atoms with Crippen LogP contribution in [0.2, 0.25) is 5.02 Å². The number of nitrogens with zero attached hydrogens (tertiary/aromatic N) is 1. The number of halogens is 1. The van der Waals surface area contributed by atoms with E-state index in [1.165, 1.54) is 11.1 Å². The molecule has 0 saturated carbocycles. The first-order chi connectivity index (χ1) is 10.2. The van der Waals surface area contributed by atoms with Crippen LogP contribution < -0.4 is 5.32 Å². The van der Waals surface area contributed by atoms with E-state index in [1.807, 2.05) is 25.3 Å². The lowest BCUT2D eigenvalue weighted by atomic mass is 10.1. The summed E-state index contributed by atoms with van der Waals surface area (Å²) in [5, 5.41) is 5.27. The van der Waals surface area contributed by atoms with E-state index in [4.69, 9.17) is 11.6 Å². The average Bonchev–Trinajstić information content (AvgIpc) is 2.49. The molecule has 3 aromatic rings. The molecule has 0 aliphatic carbocycles. The van der Waals surface area contributed by atoms with Crippen molar-refractivity contribution in [2.75, 3.05) is 5.32 Å². The molecule has 1 N–H and O–H groups in total. The number of hydrogen-bond acceptors (Lipinski definition) is 2. The zero-order chi connectivity index (χ0) is 14.8. The van der Waals surface area contributed by atoms with E-state index < -0.39 is 0 Å². The van der Waals surface area contributed by atoms with Crippen LogP contribution >= 0.6 is 11.6 Å². The van der Waals surface area contributed by atoms with Crippen LogP contribution in [-0.2, 0) is 6.54 Å². The summed E-state index contributed by atoms with van der Waals surface area (Å²) >= 11 is 6.42. The molecule has 0 unspecified atom stereocenters. The third kappa shape index (κ3) is 2.72. The van der Waals surface area contributed by atoms with Crippen LogP contribution in [0, 0.1) is 13.8 Å². The van der Waals surface area contributed by atoms with E-state index in [0.717, 1.165) is 33.7 Å². The normalized spacial score (nSPS) is 10.8. The minimum absolute atomic E-state index is 0.738. The lowest BCUT2D eigenvalue weighted by molar-refractivity contribution is 1.12. The second-order valence-corrected chi connectivity index (χ2v) is 5.64.